The summed E-state index contributed by atoms with van der Waals surface area (Å²) in [6.07, 6.45) is 0.501. The summed E-state index contributed by atoms with van der Waals surface area (Å²) in [6.45, 7) is 1.75. The van der Waals surface area contributed by atoms with Gasteiger partial charge in [-0.2, -0.15) is 0 Å². The van der Waals surface area contributed by atoms with E-state index in [2.05, 4.69) is 16.2 Å². The van der Waals surface area contributed by atoms with E-state index in [1.807, 2.05) is 0 Å². The van der Waals surface area contributed by atoms with Crippen LogP contribution in [0.2, 0.25) is 5.02 Å². The third-order valence-electron chi connectivity index (χ3n) is 3.35. The predicted octanol–water partition coefficient (Wildman–Crippen LogP) is 2.69. The maximum Gasteiger partial charge on any atom is 0.269 e. The van der Waals surface area contributed by atoms with Crippen molar-refractivity contribution in [1.82, 2.24) is 10.9 Å². The second-order valence-corrected chi connectivity index (χ2v) is 5.72. The van der Waals surface area contributed by atoms with Crippen LogP contribution in [0.4, 0.5) is 5.69 Å². The number of carbonyl (C=O) groups is 3. The Labute approximate surface area is 150 Å². The number of nitrogens with one attached hydrogen (secondary N) is 3. The Hall–Kier alpha value is -2.86. The lowest BCUT2D eigenvalue weighted by molar-refractivity contribution is -0.121. The molecule has 0 saturated carbocycles. The van der Waals surface area contributed by atoms with Crippen LogP contribution in [0.1, 0.15) is 29.3 Å². The van der Waals surface area contributed by atoms with Crippen LogP contribution in [0.5, 0.6) is 0 Å². The summed E-state index contributed by atoms with van der Waals surface area (Å²) in [7, 11) is 0. The van der Waals surface area contributed by atoms with Gasteiger partial charge < -0.3 is 5.32 Å². The molecular weight excluding hydrogens is 342 g/mol. The summed E-state index contributed by atoms with van der Waals surface area (Å²) in [6, 6.07) is 13.2. The van der Waals surface area contributed by atoms with Crippen LogP contribution in [0, 0.1) is 0 Å². The first-order valence-corrected chi connectivity index (χ1v) is 8.09. The maximum absolute atomic E-state index is 12.0. The van der Waals surface area contributed by atoms with E-state index in [1.165, 1.54) is 0 Å². The molecule has 0 atom stereocenters. The first-order chi connectivity index (χ1) is 12.0. The fourth-order valence-corrected chi connectivity index (χ4v) is 2.11. The van der Waals surface area contributed by atoms with Gasteiger partial charge in [0.25, 0.3) is 5.91 Å². The zero-order valence-electron chi connectivity index (χ0n) is 13.6. The average Bonchev–Trinajstić information content (AvgIpc) is 2.62. The van der Waals surface area contributed by atoms with Gasteiger partial charge in [-0.15, -0.1) is 0 Å². The van der Waals surface area contributed by atoms with Crippen molar-refractivity contribution in [1.29, 1.82) is 0 Å². The Morgan fingerprint density at radius 3 is 2.12 bits per heavy atom. The molecule has 0 fully saturated rings. The lowest BCUT2D eigenvalue weighted by atomic mass is 10.1. The Kier molecular flexibility index (Phi) is 6.54. The third kappa shape index (κ3) is 5.93. The van der Waals surface area contributed by atoms with Crippen LogP contribution < -0.4 is 16.2 Å². The predicted molar refractivity (Wildman–Crippen MR) is 96.1 cm³/mol. The molecule has 130 valence electrons. The van der Waals surface area contributed by atoms with E-state index in [4.69, 9.17) is 11.6 Å². The second-order valence-electron chi connectivity index (χ2n) is 5.28. The number of halogens is 1. The molecule has 3 amide bonds. The summed E-state index contributed by atoms with van der Waals surface area (Å²) in [5, 5.41) is 3.28. The van der Waals surface area contributed by atoms with Crippen molar-refractivity contribution in [3.05, 3.63) is 64.7 Å². The molecule has 3 N–H and O–H groups in total. The summed E-state index contributed by atoms with van der Waals surface area (Å²) < 4.78 is 0. The maximum atomic E-state index is 12.0. The van der Waals surface area contributed by atoms with Gasteiger partial charge in [-0.25, -0.2) is 0 Å². The molecule has 0 radical (unpaired) electrons. The van der Waals surface area contributed by atoms with E-state index in [1.54, 1.807) is 55.5 Å². The van der Waals surface area contributed by atoms with Gasteiger partial charge in [0, 0.05) is 22.7 Å². The monoisotopic (exact) mass is 359 g/mol. The highest BCUT2D eigenvalue weighted by molar-refractivity contribution is 6.30. The number of benzene rings is 2. The molecule has 0 aliphatic heterocycles. The fourth-order valence-electron chi connectivity index (χ4n) is 1.98. The van der Waals surface area contributed by atoms with Gasteiger partial charge in [-0.1, -0.05) is 30.7 Å². The lowest BCUT2D eigenvalue weighted by Crippen LogP contribution is -2.42. The van der Waals surface area contributed by atoms with E-state index in [0.717, 1.165) is 5.56 Å². The van der Waals surface area contributed by atoms with Crippen LogP contribution in [-0.2, 0) is 16.0 Å². The Balaban J connectivity index is 1.83. The molecule has 0 aliphatic carbocycles. The van der Waals surface area contributed by atoms with Crippen molar-refractivity contribution in [2.45, 2.75) is 19.8 Å². The minimum atomic E-state index is -0.446. The second kappa shape index (κ2) is 8.84. The molecule has 0 spiro atoms. The van der Waals surface area contributed by atoms with Gasteiger partial charge in [0.2, 0.25) is 11.8 Å². The van der Waals surface area contributed by atoms with Crippen LogP contribution in [0.3, 0.4) is 0 Å². The summed E-state index contributed by atoms with van der Waals surface area (Å²) in [5.74, 6) is -0.896. The quantitative estimate of drug-likeness (QED) is 0.717. The van der Waals surface area contributed by atoms with Crippen molar-refractivity contribution in [2.75, 3.05) is 5.32 Å². The van der Waals surface area contributed by atoms with Gasteiger partial charge in [-0.05, 0) is 42.0 Å². The highest BCUT2D eigenvalue weighted by Crippen LogP contribution is 2.11. The molecule has 2 aromatic rings. The first-order valence-electron chi connectivity index (χ1n) is 7.71. The summed E-state index contributed by atoms with van der Waals surface area (Å²) in [5.41, 5.74) is 6.46. The summed E-state index contributed by atoms with van der Waals surface area (Å²) >= 11 is 5.79. The molecule has 0 unspecified atom stereocenters. The van der Waals surface area contributed by atoms with E-state index in [9.17, 15) is 14.4 Å². The van der Waals surface area contributed by atoms with Crippen molar-refractivity contribution in [3.63, 3.8) is 0 Å². The Morgan fingerprint density at radius 2 is 1.52 bits per heavy atom. The van der Waals surface area contributed by atoms with Gasteiger partial charge in [0.1, 0.15) is 0 Å². The molecule has 6 nitrogen and oxygen atoms in total. The lowest BCUT2D eigenvalue weighted by Gasteiger charge is -2.08. The molecule has 2 aromatic carbocycles. The highest BCUT2D eigenvalue weighted by Gasteiger charge is 2.08. The molecule has 0 bridgehead atoms. The van der Waals surface area contributed by atoms with Gasteiger partial charge in [0.15, 0.2) is 0 Å². The average molecular weight is 360 g/mol. The zero-order valence-corrected chi connectivity index (χ0v) is 14.4. The largest absolute Gasteiger partial charge is 0.326 e. The number of amides is 3. The van der Waals surface area contributed by atoms with Crippen molar-refractivity contribution >= 4 is 35.0 Å². The summed E-state index contributed by atoms with van der Waals surface area (Å²) in [4.78, 5) is 35.1. The van der Waals surface area contributed by atoms with Crippen LogP contribution in [0.25, 0.3) is 0 Å². The SMILES string of the molecule is CCC(=O)Nc1ccc(C(=O)NNC(=O)Cc2ccc(Cl)cc2)cc1. The topological polar surface area (TPSA) is 87.3 Å². The number of anilines is 1. The number of rotatable bonds is 5. The van der Waals surface area contributed by atoms with E-state index in [0.29, 0.717) is 22.7 Å². The van der Waals surface area contributed by atoms with E-state index >= 15 is 0 Å². The van der Waals surface area contributed by atoms with Crippen molar-refractivity contribution < 1.29 is 14.4 Å². The minimum absolute atomic E-state index is 0.105. The van der Waals surface area contributed by atoms with Gasteiger partial charge in [-0.3, -0.25) is 25.2 Å². The molecule has 0 aromatic heterocycles. The molecule has 0 aliphatic rings. The van der Waals surface area contributed by atoms with E-state index < -0.39 is 5.91 Å². The number of carbonyl (C=O) groups excluding carboxylic acids is 3. The standard InChI is InChI=1S/C18H18ClN3O3/c1-2-16(23)20-15-9-5-13(6-10-15)18(25)22-21-17(24)11-12-3-7-14(19)8-4-12/h3-10H,2,11H2,1H3,(H,20,23)(H,21,24)(H,22,25). The fraction of sp³-hybridized carbons (Fsp3) is 0.167. The Morgan fingerprint density at radius 1 is 0.880 bits per heavy atom. The molecule has 2 rings (SSSR count). The highest BCUT2D eigenvalue weighted by atomic mass is 35.5. The molecule has 25 heavy (non-hydrogen) atoms. The van der Waals surface area contributed by atoms with Crippen LogP contribution in [-0.4, -0.2) is 17.7 Å². The molecular formula is C18H18ClN3O3. The third-order valence-corrected chi connectivity index (χ3v) is 3.60. The normalized spacial score (nSPS) is 10.0. The number of hydrogen-bond acceptors (Lipinski definition) is 3. The smallest absolute Gasteiger partial charge is 0.269 e. The van der Waals surface area contributed by atoms with Crippen LogP contribution >= 0.6 is 11.6 Å². The molecule has 0 heterocycles. The number of hydrogen-bond donors (Lipinski definition) is 3. The first kappa shape index (κ1) is 18.5. The molecule has 7 heteroatoms. The molecule has 0 saturated heterocycles. The van der Waals surface area contributed by atoms with Crippen molar-refractivity contribution in [3.8, 4) is 0 Å². The number of hydrazine groups is 1. The van der Waals surface area contributed by atoms with Crippen molar-refractivity contribution in [2.24, 2.45) is 0 Å². The van der Waals surface area contributed by atoms with Crippen LogP contribution in [0.15, 0.2) is 48.5 Å². The van der Waals surface area contributed by atoms with Gasteiger partial charge >= 0.3 is 0 Å². The Bertz CT molecular complexity index is 758. The van der Waals surface area contributed by atoms with E-state index in [-0.39, 0.29) is 18.2 Å². The minimum Gasteiger partial charge on any atom is -0.326 e. The zero-order chi connectivity index (χ0) is 18.2. The van der Waals surface area contributed by atoms with Gasteiger partial charge in [0.05, 0.1) is 6.42 Å².